The summed E-state index contributed by atoms with van der Waals surface area (Å²) in [6.07, 6.45) is 1.33. The van der Waals surface area contributed by atoms with Crippen LogP contribution < -0.4 is 0 Å². The molecular formula is C14H18BrNO3. The summed E-state index contributed by atoms with van der Waals surface area (Å²) < 4.78 is 6.50. The number of morpholine rings is 1. The number of carboxylic acid groups (broad SMARTS) is 1. The first-order valence-electron chi connectivity index (χ1n) is 6.45. The van der Waals surface area contributed by atoms with Gasteiger partial charge in [-0.25, -0.2) is 4.79 Å². The molecule has 1 aromatic carbocycles. The molecule has 0 radical (unpaired) electrons. The van der Waals surface area contributed by atoms with Crippen LogP contribution in [0.25, 0.3) is 0 Å². The molecule has 0 amide bonds. The molecule has 1 unspecified atom stereocenters. The van der Waals surface area contributed by atoms with Gasteiger partial charge >= 0.3 is 5.97 Å². The number of nitrogens with zero attached hydrogens (tertiary/aromatic N) is 1. The summed E-state index contributed by atoms with van der Waals surface area (Å²) in [4.78, 5) is 13.2. The Morgan fingerprint density at radius 3 is 3.00 bits per heavy atom. The van der Waals surface area contributed by atoms with E-state index in [4.69, 9.17) is 9.84 Å². The van der Waals surface area contributed by atoms with Gasteiger partial charge in [-0.05, 0) is 24.1 Å². The summed E-state index contributed by atoms with van der Waals surface area (Å²) in [5.74, 6) is -0.898. The van der Waals surface area contributed by atoms with Crippen LogP contribution in [0.5, 0.6) is 0 Å². The molecule has 0 aliphatic carbocycles. The van der Waals surface area contributed by atoms with Gasteiger partial charge in [0.2, 0.25) is 0 Å². The molecule has 1 aliphatic heterocycles. The lowest BCUT2D eigenvalue weighted by Crippen LogP contribution is -2.41. The number of hydrogen-bond donors (Lipinski definition) is 1. The number of carbonyl (C=O) groups is 1. The predicted octanol–water partition coefficient (Wildman–Crippen LogP) is 2.76. The maximum absolute atomic E-state index is 10.9. The van der Waals surface area contributed by atoms with Crippen molar-refractivity contribution in [1.82, 2.24) is 4.90 Å². The van der Waals surface area contributed by atoms with Crippen molar-refractivity contribution in [2.24, 2.45) is 0 Å². The molecule has 1 fully saturated rings. The Balaban J connectivity index is 2.04. The van der Waals surface area contributed by atoms with Gasteiger partial charge in [0.1, 0.15) is 0 Å². The molecule has 1 heterocycles. The summed E-state index contributed by atoms with van der Waals surface area (Å²) in [5, 5.41) is 8.94. The van der Waals surface area contributed by atoms with E-state index in [1.807, 2.05) is 6.07 Å². The Morgan fingerprint density at radius 2 is 2.37 bits per heavy atom. The number of rotatable bonds is 4. The van der Waals surface area contributed by atoms with Gasteiger partial charge in [0.15, 0.2) is 0 Å². The van der Waals surface area contributed by atoms with Crippen LogP contribution in [0.3, 0.4) is 0 Å². The smallest absolute Gasteiger partial charge is 0.335 e. The Morgan fingerprint density at radius 1 is 1.58 bits per heavy atom. The van der Waals surface area contributed by atoms with Crippen molar-refractivity contribution in [3.63, 3.8) is 0 Å². The zero-order valence-electron chi connectivity index (χ0n) is 10.9. The molecular weight excluding hydrogens is 310 g/mol. The van der Waals surface area contributed by atoms with Crippen molar-refractivity contribution in [2.75, 3.05) is 19.7 Å². The maximum Gasteiger partial charge on any atom is 0.335 e. The second-order valence-electron chi connectivity index (χ2n) is 4.75. The summed E-state index contributed by atoms with van der Waals surface area (Å²) in [5.41, 5.74) is 1.42. The number of aromatic carboxylic acids is 1. The van der Waals surface area contributed by atoms with E-state index in [1.165, 1.54) is 0 Å². The Labute approximate surface area is 121 Å². The van der Waals surface area contributed by atoms with Crippen LogP contribution >= 0.6 is 15.9 Å². The zero-order valence-corrected chi connectivity index (χ0v) is 12.5. The van der Waals surface area contributed by atoms with Crippen LogP contribution in [0, 0.1) is 0 Å². The van der Waals surface area contributed by atoms with E-state index in [-0.39, 0.29) is 0 Å². The third-order valence-corrected chi connectivity index (χ3v) is 4.11. The van der Waals surface area contributed by atoms with Gasteiger partial charge in [-0.1, -0.05) is 28.9 Å². The molecule has 0 saturated carbocycles. The van der Waals surface area contributed by atoms with E-state index in [9.17, 15) is 4.79 Å². The maximum atomic E-state index is 10.9. The third kappa shape index (κ3) is 3.78. The highest BCUT2D eigenvalue weighted by Crippen LogP contribution is 2.21. The third-order valence-electron chi connectivity index (χ3n) is 3.37. The molecule has 19 heavy (non-hydrogen) atoms. The van der Waals surface area contributed by atoms with Crippen molar-refractivity contribution >= 4 is 21.9 Å². The van der Waals surface area contributed by atoms with Crippen molar-refractivity contribution in [2.45, 2.75) is 26.0 Å². The quantitative estimate of drug-likeness (QED) is 0.923. The first kappa shape index (κ1) is 14.5. The largest absolute Gasteiger partial charge is 0.478 e. The summed E-state index contributed by atoms with van der Waals surface area (Å²) in [7, 11) is 0. The highest BCUT2D eigenvalue weighted by Gasteiger charge is 2.19. The molecule has 1 aliphatic rings. The summed E-state index contributed by atoms with van der Waals surface area (Å²) >= 11 is 3.45. The van der Waals surface area contributed by atoms with Crippen LogP contribution in [0.15, 0.2) is 22.7 Å². The van der Waals surface area contributed by atoms with Gasteiger partial charge < -0.3 is 9.84 Å². The van der Waals surface area contributed by atoms with Crippen LogP contribution in [-0.2, 0) is 11.3 Å². The van der Waals surface area contributed by atoms with Crippen LogP contribution in [0.2, 0.25) is 0 Å². The molecule has 1 saturated heterocycles. The monoisotopic (exact) mass is 327 g/mol. The van der Waals surface area contributed by atoms with E-state index in [0.29, 0.717) is 11.7 Å². The van der Waals surface area contributed by atoms with Crippen LogP contribution in [0.1, 0.15) is 29.3 Å². The molecule has 5 heteroatoms. The summed E-state index contributed by atoms with van der Waals surface area (Å²) in [6, 6.07) is 5.19. The van der Waals surface area contributed by atoms with Gasteiger partial charge in [0, 0.05) is 24.1 Å². The van der Waals surface area contributed by atoms with Crippen molar-refractivity contribution in [1.29, 1.82) is 0 Å². The van der Waals surface area contributed by atoms with E-state index in [0.717, 1.165) is 42.7 Å². The fraction of sp³-hybridized carbons (Fsp3) is 0.500. The molecule has 0 bridgehead atoms. The minimum Gasteiger partial charge on any atom is -0.478 e. The Bertz CT molecular complexity index is 464. The highest BCUT2D eigenvalue weighted by molar-refractivity contribution is 9.10. The van der Waals surface area contributed by atoms with E-state index in [1.54, 1.807) is 12.1 Å². The van der Waals surface area contributed by atoms with Gasteiger partial charge in [0.25, 0.3) is 0 Å². The number of carboxylic acids is 1. The van der Waals surface area contributed by atoms with E-state index >= 15 is 0 Å². The molecule has 0 spiro atoms. The van der Waals surface area contributed by atoms with Gasteiger partial charge in [-0.3, -0.25) is 4.90 Å². The molecule has 2 rings (SSSR count). The first-order chi connectivity index (χ1) is 9.10. The van der Waals surface area contributed by atoms with Gasteiger partial charge in [0.05, 0.1) is 18.3 Å². The SMILES string of the molecule is CCC1CN(Cc2ccc(C(=O)O)cc2Br)CCO1. The first-order valence-corrected chi connectivity index (χ1v) is 7.25. The normalized spacial score (nSPS) is 20.4. The topological polar surface area (TPSA) is 49.8 Å². The molecule has 1 atom stereocenters. The minimum atomic E-state index is -0.898. The fourth-order valence-electron chi connectivity index (χ4n) is 2.22. The lowest BCUT2D eigenvalue weighted by Gasteiger charge is -2.32. The van der Waals surface area contributed by atoms with E-state index in [2.05, 4.69) is 27.8 Å². The average molecular weight is 328 g/mol. The molecule has 0 aromatic heterocycles. The number of ether oxygens (including phenoxy) is 1. The second kappa shape index (κ2) is 6.50. The second-order valence-corrected chi connectivity index (χ2v) is 5.60. The number of benzene rings is 1. The fourth-order valence-corrected chi connectivity index (χ4v) is 2.72. The highest BCUT2D eigenvalue weighted by atomic mass is 79.9. The standard InChI is InChI=1S/C14H18BrNO3/c1-2-12-9-16(5-6-19-12)8-11-4-3-10(14(17)18)7-13(11)15/h3-4,7,12H,2,5-6,8-9H2,1H3,(H,17,18). The zero-order chi connectivity index (χ0) is 13.8. The minimum absolute atomic E-state index is 0.309. The van der Waals surface area contributed by atoms with Gasteiger partial charge in [-0.15, -0.1) is 0 Å². The molecule has 1 N–H and O–H groups in total. The van der Waals surface area contributed by atoms with Crippen LogP contribution in [-0.4, -0.2) is 41.8 Å². The lowest BCUT2D eigenvalue weighted by molar-refractivity contribution is -0.0325. The van der Waals surface area contributed by atoms with Crippen LogP contribution in [0.4, 0.5) is 0 Å². The molecule has 1 aromatic rings. The summed E-state index contributed by atoms with van der Waals surface area (Å²) in [6.45, 7) is 5.57. The molecule has 104 valence electrons. The lowest BCUT2D eigenvalue weighted by atomic mass is 10.1. The number of halogens is 1. The Kier molecular flexibility index (Phi) is 4.96. The van der Waals surface area contributed by atoms with E-state index < -0.39 is 5.97 Å². The van der Waals surface area contributed by atoms with Gasteiger partial charge in [-0.2, -0.15) is 0 Å². The predicted molar refractivity (Wildman–Crippen MR) is 76.4 cm³/mol. The Hall–Kier alpha value is -0.910. The van der Waals surface area contributed by atoms with Crippen molar-refractivity contribution in [3.8, 4) is 0 Å². The number of hydrogen-bond acceptors (Lipinski definition) is 3. The molecule has 4 nitrogen and oxygen atoms in total. The van der Waals surface area contributed by atoms with Crippen molar-refractivity contribution in [3.05, 3.63) is 33.8 Å². The average Bonchev–Trinajstić information content (AvgIpc) is 2.41. The van der Waals surface area contributed by atoms with Crippen molar-refractivity contribution < 1.29 is 14.6 Å².